The molecular formula is C27H32F3N3O5. The van der Waals surface area contributed by atoms with Crippen LogP contribution in [0.3, 0.4) is 0 Å². The molecule has 4 atom stereocenters. The molecule has 1 aliphatic heterocycles. The van der Waals surface area contributed by atoms with Gasteiger partial charge in [-0.05, 0) is 43.4 Å². The van der Waals surface area contributed by atoms with Gasteiger partial charge in [-0.25, -0.2) is 22.8 Å². The molecule has 0 spiro atoms. The smallest absolute Gasteiger partial charge is 0.335 e. The number of hydrogen-bond donors (Lipinski definition) is 2. The van der Waals surface area contributed by atoms with Crippen molar-refractivity contribution in [3.63, 3.8) is 0 Å². The molecule has 1 aliphatic carbocycles. The summed E-state index contributed by atoms with van der Waals surface area (Å²) in [7, 11) is 0. The van der Waals surface area contributed by atoms with Crippen molar-refractivity contribution in [3.05, 3.63) is 59.4 Å². The Bertz CT molecular complexity index is 1120. The minimum absolute atomic E-state index is 0.267. The summed E-state index contributed by atoms with van der Waals surface area (Å²) in [6.07, 6.45) is -0.216. The average Bonchev–Trinajstić information content (AvgIpc) is 3.33. The van der Waals surface area contributed by atoms with E-state index in [1.807, 2.05) is 31.2 Å². The van der Waals surface area contributed by atoms with Crippen molar-refractivity contribution in [1.82, 2.24) is 10.2 Å². The molecule has 1 unspecified atom stereocenters. The Morgan fingerprint density at radius 3 is 2.34 bits per heavy atom. The molecule has 0 radical (unpaired) electrons. The molecule has 2 aliphatic rings. The second-order valence-electron chi connectivity index (χ2n) is 9.28. The number of nitrogens with one attached hydrogen (secondary N) is 2. The monoisotopic (exact) mass is 535 g/mol. The van der Waals surface area contributed by atoms with E-state index < -0.39 is 29.6 Å². The fourth-order valence-corrected chi connectivity index (χ4v) is 4.78. The molecule has 8 nitrogen and oxygen atoms in total. The molecule has 38 heavy (non-hydrogen) atoms. The van der Waals surface area contributed by atoms with E-state index in [4.69, 9.17) is 14.2 Å². The second kappa shape index (κ2) is 12.5. The van der Waals surface area contributed by atoms with Crippen molar-refractivity contribution in [2.24, 2.45) is 11.8 Å². The van der Waals surface area contributed by atoms with E-state index in [-0.39, 0.29) is 29.5 Å². The molecule has 1 saturated carbocycles. The van der Waals surface area contributed by atoms with E-state index >= 15 is 0 Å². The summed E-state index contributed by atoms with van der Waals surface area (Å²) >= 11 is 0. The molecule has 206 valence electrons. The van der Waals surface area contributed by atoms with Gasteiger partial charge in [-0.15, -0.1) is 0 Å². The molecule has 2 N–H and O–H groups in total. The third-order valence-electron chi connectivity index (χ3n) is 6.75. The van der Waals surface area contributed by atoms with Crippen LogP contribution in [0.1, 0.15) is 19.4 Å². The first-order valence-corrected chi connectivity index (χ1v) is 12.7. The number of hydrogen-bond acceptors (Lipinski definition) is 6. The Hall–Kier alpha value is -3.31. The Morgan fingerprint density at radius 1 is 1.00 bits per heavy atom. The molecule has 0 bridgehead atoms. The van der Waals surface area contributed by atoms with Gasteiger partial charge < -0.3 is 29.7 Å². The summed E-state index contributed by atoms with van der Waals surface area (Å²) in [5.74, 6) is -2.64. The molecule has 11 heteroatoms. The standard InChI is InChI=1S/C27H32F3N3O5/c1-3-36-24(26(34)37-4-2)11-16-5-7-17(8-6-16)38-10-9-31-25-18-14-33(15-19(18)25)27(35)32-23-13-21(29)20(28)12-22(23)30/h5-8,12-13,18-19,24-25,31H,3-4,9-11,14-15H2,1-2H3,(H,32,35)/t18-,19+,24-,25?/m0/s1. The summed E-state index contributed by atoms with van der Waals surface area (Å²) in [5.41, 5.74) is 0.552. The minimum atomic E-state index is -1.31. The molecule has 2 aromatic rings. The zero-order valence-electron chi connectivity index (χ0n) is 21.3. The van der Waals surface area contributed by atoms with Crippen LogP contribution >= 0.6 is 0 Å². The highest BCUT2D eigenvalue weighted by Gasteiger charge is 2.56. The highest BCUT2D eigenvalue weighted by atomic mass is 19.2. The number of benzene rings is 2. The van der Waals surface area contributed by atoms with Gasteiger partial charge in [0.2, 0.25) is 0 Å². The fraction of sp³-hybridized carbons (Fsp3) is 0.481. The van der Waals surface area contributed by atoms with Crippen molar-refractivity contribution in [2.75, 3.05) is 44.8 Å². The van der Waals surface area contributed by atoms with Crippen molar-refractivity contribution < 1.29 is 37.0 Å². The lowest BCUT2D eigenvalue weighted by Crippen LogP contribution is -2.39. The first-order chi connectivity index (χ1) is 18.3. The SMILES string of the molecule is CCOC(=O)[C@H](Cc1ccc(OCCNC2[C@H]3CN(C(=O)Nc4cc(F)c(F)cc4F)C[C@@H]23)cc1)OCC. The number of halogens is 3. The number of likely N-dealkylation sites (tertiary alicyclic amines) is 1. The first-order valence-electron chi connectivity index (χ1n) is 12.7. The van der Waals surface area contributed by atoms with Crippen LogP contribution in [0.15, 0.2) is 36.4 Å². The van der Waals surface area contributed by atoms with Gasteiger partial charge in [0.05, 0.1) is 12.3 Å². The highest BCUT2D eigenvalue weighted by molar-refractivity contribution is 5.89. The second-order valence-corrected chi connectivity index (χ2v) is 9.28. The lowest BCUT2D eigenvalue weighted by atomic mass is 10.1. The maximum atomic E-state index is 13.8. The van der Waals surface area contributed by atoms with Crippen LogP contribution in [0.25, 0.3) is 0 Å². The summed E-state index contributed by atoms with van der Waals surface area (Å²) < 4.78 is 56.6. The van der Waals surface area contributed by atoms with Crippen molar-refractivity contribution in [3.8, 4) is 5.75 Å². The highest BCUT2D eigenvalue weighted by Crippen LogP contribution is 2.45. The summed E-state index contributed by atoms with van der Waals surface area (Å²) in [4.78, 5) is 26.0. The Balaban J connectivity index is 1.14. The van der Waals surface area contributed by atoms with Gasteiger partial charge in [-0.3, -0.25) is 0 Å². The summed E-state index contributed by atoms with van der Waals surface area (Å²) in [5, 5.41) is 5.75. The van der Waals surface area contributed by atoms with Crippen LogP contribution in [0, 0.1) is 29.3 Å². The lowest BCUT2D eigenvalue weighted by molar-refractivity contribution is -0.156. The number of carbonyl (C=O) groups excluding carboxylic acids is 2. The average molecular weight is 536 g/mol. The quantitative estimate of drug-likeness (QED) is 0.245. The van der Waals surface area contributed by atoms with E-state index in [0.717, 1.165) is 5.56 Å². The van der Waals surface area contributed by atoms with Gasteiger partial charge in [0.25, 0.3) is 0 Å². The first kappa shape index (κ1) is 27.7. The van der Waals surface area contributed by atoms with Gasteiger partial charge in [-0.1, -0.05) is 12.1 Å². The van der Waals surface area contributed by atoms with Crippen LogP contribution in [0.2, 0.25) is 0 Å². The van der Waals surface area contributed by atoms with Crippen LogP contribution in [0.4, 0.5) is 23.7 Å². The number of fused-ring (bicyclic) bond motifs is 1. The maximum Gasteiger partial charge on any atom is 0.335 e. The molecule has 4 rings (SSSR count). The predicted octanol–water partition coefficient (Wildman–Crippen LogP) is 3.75. The van der Waals surface area contributed by atoms with Crippen LogP contribution in [0.5, 0.6) is 5.75 Å². The largest absolute Gasteiger partial charge is 0.492 e. The lowest BCUT2D eigenvalue weighted by Gasteiger charge is -2.21. The van der Waals surface area contributed by atoms with E-state index in [2.05, 4.69) is 10.6 Å². The molecule has 0 aromatic heterocycles. The van der Waals surface area contributed by atoms with Crippen LogP contribution < -0.4 is 15.4 Å². The van der Waals surface area contributed by atoms with E-state index in [1.54, 1.807) is 11.8 Å². The fourth-order valence-electron chi connectivity index (χ4n) is 4.78. The maximum absolute atomic E-state index is 13.8. The van der Waals surface area contributed by atoms with Crippen molar-refractivity contribution in [2.45, 2.75) is 32.4 Å². The number of rotatable bonds is 12. The minimum Gasteiger partial charge on any atom is -0.492 e. The Morgan fingerprint density at radius 2 is 1.68 bits per heavy atom. The van der Waals surface area contributed by atoms with Gasteiger partial charge in [0.1, 0.15) is 18.2 Å². The van der Waals surface area contributed by atoms with Crippen LogP contribution in [-0.2, 0) is 20.7 Å². The van der Waals surface area contributed by atoms with Gasteiger partial charge in [0, 0.05) is 50.8 Å². The number of anilines is 1. The third-order valence-corrected chi connectivity index (χ3v) is 6.75. The summed E-state index contributed by atoms with van der Waals surface area (Å²) in [6.45, 7) is 6.40. The number of ether oxygens (including phenoxy) is 3. The number of esters is 1. The number of urea groups is 1. The molecule has 2 fully saturated rings. The third kappa shape index (κ3) is 6.76. The zero-order chi connectivity index (χ0) is 27.2. The Kier molecular flexibility index (Phi) is 9.11. The van der Waals surface area contributed by atoms with E-state index in [1.165, 1.54) is 0 Å². The molecule has 1 heterocycles. The molecule has 2 aromatic carbocycles. The van der Waals surface area contributed by atoms with E-state index in [0.29, 0.717) is 63.8 Å². The van der Waals surface area contributed by atoms with Crippen molar-refractivity contribution in [1.29, 1.82) is 0 Å². The predicted molar refractivity (Wildman–Crippen MR) is 133 cm³/mol. The van der Waals surface area contributed by atoms with E-state index in [9.17, 15) is 22.8 Å². The molecule has 1 saturated heterocycles. The molecular weight excluding hydrogens is 503 g/mol. The van der Waals surface area contributed by atoms with Gasteiger partial charge >= 0.3 is 12.0 Å². The topological polar surface area (TPSA) is 89.1 Å². The zero-order valence-corrected chi connectivity index (χ0v) is 21.3. The summed E-state index contributed by atoms with van der Waals surface area (Å²) in [6, 6.07) is 8.26. The number of carbonyl (C=O) groups is 2. The molecule has 2 amide bonds. The van der Waals surface area contributed by atoms with Gasteiger partial charge in [-0.2, -0.15) is 0 Å². The normalized spacial score (nSPS) is 20.6. The number of amides is 2. The van der Waals surface area contributed by atoms with Crippen LogP contribution in [-0.4, -0.2) is 68.5 Å². The number of nitrogens with zero attached hydrogens (tertiary/aromatic N) is 1. The number of piperidine rings is 1. The Labute approximate surface area is 219 Å². The van der Waals surface area contributed by atoms with Gasteiger partial charge in [0.15, 0.2) is 17.7 Å². The van der Waals surface area contributed by atoms with Crippen molar-refractivity contribution >= 4 is 17.7 Å².